The Morgan fingerprint density at radius 3 is 2.12 bits per heavy atom. The number of aromatic nitrogens is 2. The summed E-state index contributed by atoms with van der Waals surface area (Å²) in [6.07, 6.45) is 9.03. The Kier molecular flexibility index (Phi) is 8.99. The Morgan fingerprint density at radius 1 is 0.884 bits per heavy atom. The summed E-state index contributed by atoms with van der Waals surface area (Å²) in [7, 11) is 0. The molecule has 10 nitrogen and oxygen atoms in total. The Labute approximate surface area is 249 Å². The Bertz CT molecular complexity index is 1780. The molecule has 0 aromatic carbocycles. The fourth-order valence-corrected chi connectivity index (χ4v) is 5.61. The molecule has 0 saturated carbocycles. The fourth-order valence-electron chi connectivity index (χ4n) is 5.61. The molecule has 0 spiro atoms. The van der Waals surface area contributed by atoms with Crippen molar-refractivity contribution in [1.82, 2.24) is 15.3 Å². The molecular formula is C33H36N4O6. The van der Waals surface area contributed by atoms with Gasteiger partial charge < -0.3 is 25.5 Å². The lowest BCUT2D eigenvalue weighted by Gasteiger charge is -2.08. The van der Waals surface area contributed by atoms with Crippen molar-refractivity contribution in [3.05, 3.63) is 86.5 Å². The Morgan fingerprint density at radius 2 is 1.53 bits per heavy atom. The van der Waals surface area contributed by atoms with Gasteiger partial charge in [-0.25, -0.2) is 4.99 Å². The highest BCUT2D eigenvalue weighted by Crippen LogP contribution is 2.30. The molecule has 0 radical (unpaired) electrons. The molecule has 2 aliphatic rings. The highest BCUT2D eigenvalue weighted by molar-refractivity contribution is 6.31. The van der Waals surface area contributed by atoms with Crippen molar-refractivity contribution in [2.45, 2.75) is 53.4 Å². The molecule has 224 valence electrons. The number of rotatable bonds is 11. The number of carbonyl (C=O) groups excluding carboxylic acids is 2. The SMILES string of the molecule is C=CC1=C(C)C(/C=c2/[nH]/c(=C\c3[nH]c(/C=C4\NC(=O)[C@H](C)[C@H]4C=C)c(C)c3CCC(=O)O)c(CCC(=O)O)c2C)=NC1=O. The summed E-state index contributed by atoms with van der Waals surface area (Å²) in [4.78, 5) is 58.5. The first-order chi connectivity index (χ1) is 20.4. The predicted octanol–water partition coefficient (Wildman–Crippen LogP) is 3.00. The number of aliphatic imine (C=N–C) groups is 1. The molecule has 43 heavy (non-hydrogen) atoms. The van der Waals surface area contributed by atoms with Crippen LogP contribution >= 0.6 is 0 Å². The van der Waals surface area contributed by atoms with Gasteiger partial charge in [0.05, 0.1) is 5.71 Å². The maximum absolute atomic E-state index is 12.3. The number of allylic oxidation sites excluding steroid dienone is 2. The third kappa shape index (κ3) is 6.28. The van der Waals surface area contributed by atoms with Crippen LogP contribution in [0.3, 0.4) is 0 Å². The van der Waals surface area contributed by atoms with Gasteiger partial charge in [0, 0.05) is 58.0 Å². The second-order valence-electron chi connectivity index (χ2n) is 10.9. The topological polar surface area (TPSA) is 165 Å². The molecule has 0 aliphatic carbocycles. The highest BCUT2D eigenvalue weighted by Gasteiger charge is 2.33. The van der Waals surface area contributed by atoms with Crippen LogP contribution in [0, 0.1) is 25.7 Å². The van der Waals surface area contributed by atoms with Crippen LogP contribution < -0.4 is 16.0 Å². The highest BCUT2D eigenvalue weighted by atomic mass is 16.4. The molecule has 4 rings (SSSR count). The number of aromatic amines is 2. The maximum Gasteiger partial charge on any atom is 0.303 e. The van der Waals surface area contributed by atoms with E-state index < -0.39 is 11.9 Å². The smallest absolute Gasteiger partial charge is 0.303 e. The second-order valence-corrected chi connectivity index (χ2v) is 10.9. The maximum atomic E-state index is 12.3. The molecule has 2 atom stereocenters. The van der Waals surface area contributed by atoms with Gasteiger partial charge in [0.1, 0.15) is 0 Å². The summed E-state index contributed by atoms with van der Waals surface area (Å²) in [5, 5.41) is 23.1. The zero-order valence-electron chi connectivity index (χ0n) is 24.8. The molecule has 2 aromatic rings. The lowest BCUT2D eigenvalue weighted by atomic mass is 9.94. The van der Waals surface area contributed by atoms with Crippen molar-refractivity contribution in [2.75, 3.05) is 0 Å². The van der Waals surface area contributed by atoms with Crippen LogP contribution in [0.2, 0.25) is 0 Å². The minimum absolute atomic E-state index is 0.0850. The van der Waals surface area contributed by atoms with Gasteiger partial charge >= 0.3 is 11.9 Å². The first kappa shape index (κ1) is 31.0. The van der Waals surface area contributed by atoms with Gasteiger partial charge in [0.15, 0.2) is 0 Å². The molecule has 5 N–H and O–H groups in total. The number of nitrogens with one attached hydrogen (secondary N) is 3. The van der Waals surface area contributed by atoms with Crippen LogP contribution in [0.15, 0.2) is 47.1 Å². The molecule has 4 heterocycles. The number of carboxylic acid groups (broad SMARTS) is 2. The largest absolute Gasteiger partial charge is 0.481 e. The number of hydrogen-bond donors (Lipinski definition) is 5. The number of hydrogen-bond acceptors (Lipinski definition) is 4. The Hall–Kier alpha value is -4.99. The summed E-state index contributed by atoms with van der Waals surface area (Å²) >= 11 is 0. The normalized spacial score (nSPS) is 20.3. The van der Waals surface area contributed by atoms with Crippen molar-refractivity contribution in [2.24, 2.45) is 16.8 Å². The lowest BCUT2D eigenvalue weighted by Crippen LogP contribution is -2.16. The van der Waals surface area contributed by atoms with E-state index >= 15 is 0 Å². The van der Waals surface area contributed by atoms with Gasteiger partial charge in [0.2, 0.25) is 5.91 Å². The molecule has 1 saturated heterocycles. The number of aliphatic carboxylic acids is 2. The van der Waals surface area contributed by atoms with Crippen molar-refractivity contribution in [1.29, 1.82) is 0 Å². The number of H-pyrrole nitrogens is 2. The van der Waals surface area contributed by atoms with E-state index in [-0.39, 0.29) is 49.3 Å². The quantitative estimate of drug-likeness (QED) is 0.255. The zero-order valence-corrected chi connectivity index (χ0v) is 24.8. The second kappa shape index (κ2) is 12.5. The van der Waals surface area contributed by atoms with E-state index in [4.69, 9.17) is 0 Å². The van der Waals surface area contributed by atoms with Crippen LogP contribution in [0.1, 0.15) is 60.3 Å². The minimum atomic E-state index is -0.936. The number of amides is 2. The number of carboxylic acids is 2. The van der Waals surface area contributed by atoms with Crippen molar-refractivity contribution in [3.63, 3.8) is 0 Å². The molecule has 2 amide bonds. The van der Waals surface area contributed by atoms with Gasteiger partial charge in [-0.1, -0.05) is 25.7 Å². The van der Waals surface area contributed by atoms with Crippen LogP contribution in [0.25, 0.3) is 18.2 Å². The van der Waals surface area contributed by atoms with Gasteiger partial charge in [-0.2, -0.15) is 0 Å². The molecular weight excluding hydrogens is 548 g/mol. The summed E-state index contributed by atoms with van der Waals surface area (Å²) in [5.41, 5.74) is 6.97. The van der Waals surface area contributed by atoms with Crippen molar-refractivity contribution in [3.8, 4) is 0 Å². The first-order valence-corrected chi connectivity index (χ1v) is 14.0. The predicted molar refractivity (Wildman–Crippen MR) is 165 cm³/mol. The average Bonchev–Trinajstić information content (AvgIpc) is 3.59. The summed E-state index contributed by atoms with van der Waals surface area (Å²) in [6, 6.07) is 0. The molecule has 0 bridgehead atoms. The van der Waals surface area contributed by atoms with Crippen LogP contribution in [-0.4, -0.2) is 49.6 Å². The minimum Gasteiger partial charge on any atom is -0.481 e. The third-order valence-electron chi connectivity index (χ3n) is 8.23. The Balaban J connectivity index is 1.91. The van der Waals surface area contributed by atoms with E-state index in [2.05, 4.69) is 33.4 Å². The zero-order chi connectivity index (χ0) is 31.6. The van der Waals surface area contributed by atoms with E-state index in [1.54, 1.807) is 19.1 Å². The molecule has 2 aromatic heterocycles. The molecule has 1 fully saturated rings. The number of carbonyl (C=O) groups is 4. The van der Waals surface area contributed by atoms with Crippen LogP contribution in [0.5, 0.6) is 0 Å². The fraction of sp³-hybridized carbons (Fsp3) is 0.303. The van der Waals surface area contributed by atoms with Crippen molar-refractivity contribution < 1.29 is 29.4 Å². The molecule has 0 unspecified atom stereocenters. The van der Waals surface area contributed by atoms with E-state index in [1.807, 2.05) is 32.9 Å². The van der Waals surface area contributed by atoms with Gasteiger partial charge in [-0.3, -0.25) is 19.2 Å². The first-order valence-electron chi connectivity index (χ1n) is 14.0. The summed E-state index contributed by atoms with van der Waals surface area (Å²) < 4.78 is 0. The molecule has 2 aliphatic heterocycles. The third-order valence-corrected chi connectivity index (χ3v) is 8.23. The van der Waals surface area contributed by atoms with Gasteiger partial charge in [-0.15, -0.1) is 6.58 Å². The van der Waals surface area contributed by atoms with Gasteiger partial charge in [-0.05, 0) is 79.7 Å². The van der Waals surface area contributed by atoms with E-state index in [0.29, 0.717) is 38.9 Å². The van der Waals surface area contributed by atoms with E-state index in [0.717, 1.165) is 27.9 Å². The van der Waals surface area contributed by atoms with Gasteiger partial charge in [0.25, 0.3) is 5.91 Å². The number of nitrogens with zero attached hydrogens (tertiary/aromatic N) is 1. The van der Waals surface area contributed by atoms with Crippen LogP contribution in [-0.2, 0) is 32.0 Å². The average molecular weight is 585 g/mol. The summed E-state index contributed by atoms with van der Waals surface area (Å²) in [6.45, 7) is 15.0. The lowest BCUT2D eigenvalue weighted by molar-refractivity contribution is -0.138. The van der Waals surface area contributed by atoms with E-state index in [1.165, 1.54) is 6.08 Å². The molecule has 10 heteroatoms. The van der Waals surface area contributed by atoms with Crippen LogP contribution in [0.4, 0.5) is 0 Å². The van der Waals surface area contributed by atoms with Crippen molar-refractivity contribution >= 4 is 47.7 Å². The summed E-state index contributed by atoms with van der Waals surface area (Å²) in [5.74, 6) is -2.76. The monoisotopic (exact) mass is 584 g/mol. The standard InChI is InChI=1S/C33H36N4O6/c1-7-20-19(6)32(42)37-27(20)14-25-18(5)23(10-12-31(40)41)29(35-25)15-28-22(9-11-30(38)39)17(4)24(34-28)13-26-16(3)21(8-2)33(43)36-26/h7-8,13-15,19-20,34-35H,1-2,9-12H2,3-6H3,(H,37,42)(H,38,39)(H,40,41)/b24-13+,27-14-,28-15-/t19-,20-/m1/s1. The van der Waals surface area contributed by atoms with E-state index in [9.17, 15) is 29.4 Å².